The van der Waals surface area contributed by atoms with Gasteiger partial charge in [-0.05, 0) is 68.3 Å². The number of benzene rings is 2. The maximum atomic E-state index is 12.8. The summed E-state index contributed by atoms with van der Waals surface area (Å²) in [5.74, 6) is -1.09. The fourth-order valence-electron chi connectivity index (χ4n) is 3.80. The molecule has 0 aromatic heterocycles. The number of carbonyl (C=O) groups is 3. The molecule has 1 heterocycles. The molecule has 0 saturated carbocycles. The molecule has 2 N–H and O–H groups in total. The van der Waals surface area contributed by atoms with Crippen LogP contribution in [0.25, 0.3) is 0 Å². The summed E-state index contributed by atoms with van der Waals surface area (Å²) in [6, 6.07) is 12.6. The number of imide groups is 1. The van der Waals surface area contributed by atoms with Crippen LogP contribution in [-0.2, 0) is 9.59 Å². The van der Waals surface area contributed by atoms with Gasteiger partial charge in [0.25, 0.3) is 5.91 Å². The quantitative estimate of drug-likeness (QED) is 0.488. The van der Waals surface area contributed by atoms with Crippen molar-refractivity contribution < 1.29 is 19.5 Å². The lowest BCUT2D eigenvalue weighted by Crippen LogP contribution is -2.30. The van der Waals surface area contributed by atoms with Crippen LogP contribution in [-0.4, -0.2) is 22.8 Å². The van der Waals surface area contributed by atoms with Crippen LogP contribution in [0.4, 0.5) is 11.4 Å². The summed E-state index contributed by atoms with van der Waals surface area (Å²) in [7, 11) is 0. The number of hydrogen-bond donors (Lipinski definition) is 2. The van der Waals surface area contributed by atoms with Crippen LogP contribution in [0.2, 0.25) is 0 Å². The second kappa shape index (κ2) is 6.96. The van der Waals surface area contributed by atoms with Gasteiger partial charge >= 0.3 is 0 Å². The van der Waals surface area contributed by atoms with Crippen molar-refractivity contribution in [2.75, 3.05) is 10.2 Å². The van der Waals surface area contributed by atoms with Crippen molar-refractivity contribution in [2.24, 2.45) is 11.8 Å². The second-order valence-electron chi connectivity index (χ2n) is 7.26. The van der Waals surface area contributed by atoms with E-state index in [1.807, 2.05) is 13.0 Å². The molecule has 2 atom stereocenters. The Balaban J connectivity index is 1.50. The number of allylic oxidation sites excluding steroid dienone is 2. The Morgan fingerprint density at radius 3 is 2.32 bits per heavy atom. The minimum Gasteiger partial charge on any atom is -0.508 e. The van der Waals surface area contributed by atoms with Crippen molar-refractivity contribution in [3.05, 3.63) is 65.7 Å². The minimum absolute atomic E-state index is 0.119. The average Bonchev–Trinajstić information content (AvgIpc) is 2.93. The largest absolute Gasteiger partial charge is 0.508 e. The summed E-state index contributed by atoms with van der Waals surface area (Å²) in [6.07, 6.45) is 3.26. The highest BCUT2D eigenvalue weighted by atomic mass is 16.3. The summed E-state index contributed by atoms with van der Waals surface area (Å²) in [6.45, 7) is 1.98. The Morgan fingerprint density at radius 2 is 1.64 bits per heavy atom. The molecule has 0 spiro atoms. The first-order valence-corrected chi connectivity index (χ1v) is 9.18. The topological polar surface area (TPSA) is 86.7 Å². The second-order valence-corrected chi connectivity index (χ2v) is 7.26. The molecule has 2 aromatic carbocycles. The number of hydrogen-bond acceptors (Lipinski definition) is 4. The Labute approximate surface area is 162 Å². The van der Waals surface area contributed by atoms with Gasteiger partial charge in [-0.25, -0.2) is 0 Å². The number of phenolic OH excluding ortho intramolecular Hbond substituents is 1. The molecular formula is C22H20N2O4. The van der Waals surface area contributed by atoms with Crippen molar-refractivity contribution in [1.29, 1.82) is 0 Å². The number of nitrogens with one attached hydrogen (secondary N) is 1. The van der Waals surface area contributed by atoms with Crippen LogP contribution >= 0.6 is 0 Å². The third-order valence-electron chi connectivity index (χ3n) is 5.34. The lowest BCUT2D eigenvalue weighted by Gasteiger charge is -2.18. The molecule has 0 unspecified atom stereocenters. The lowest BCUT2D eigenvalue weighted by molar-refractivity contribution is -0.122. The number of fused-ring (bicyclic) bond motifs is 1. The van der Waals surface area contributed by atoms with Crippen LogP contribution in [0.3, 0.4) is 0 Å². The standard InChI is InChI=1S/C22H20N2O4/c1-13-2-11-18-19(12-13)22(28)24(21(18)27)16-7-3-14(4-8-16)20(26)23-15-5-9-17(25)10-6-15/h2-10,18-19,25H,11-12H2,1H3,(H,23,26)/t18-,19-/m1/s1. The van der Waals surface area contributed by atoms with E-state index in [-0.39, 0.29) is 35.3 Å². The first-order chi connectivity index (χ1) is 13.4. The molecule has 1 saturated heterocycles. The van der Waals surface area contributed by atoms with Gasteiger partial charge in [-0.1, -0.05) is 11.6 Å². The summed E-state index contributed by atoms with van der Waals surface area (Å²) >= 11 is 0. The Kier molecular flexibility index (Phi) is 4.47. The number of nitrogens with zero attached hydrogens (tertiary/aromatic N) is 1. The van der Waals surface area contributed by atoms with Gasteiger partial charge in [0.15, 0.2) is 0 Å². The molecule has 3 amide bonds. The molecule has 0 bridgehead atoms. The van der Waals surface area contributed by atoms with Crippen molar-refractivity contribution >= 4 is 29.1 Å². The number of anilines is 2. The summed E-state index contributed by atoms with van der Waals surface area (Å²) in [5, 5.41) is 12.0. The zero-order valence-electron chi connectivity index (χ0n) is 15.4. The molecule has 6 heteroatoms. The fourth-order valence-corrected chi connectivity index (χ4v) is 3.80. The van der Waals surface area contributed by atoms with Crippen LogP contribution in [0, 0.1) is 11.8 Å². The molecule has 4 rings (SSSR count). The van der Waals surface area contributed by atoms with E-state index in [0.29, 0.717) is 29.8 Å². The highest BCUT2D eigenvalue weighted by Crippen LogP contribution is 2.39. The molecule has 142 valence electrons. The SMILES string of the molecule is CC1=CC[C@H]2C(=O)N(c3ccc(C(=O)Nc4ccc(O)cc4)cc3)C(=O)[C@@H]2C1. The first-order valence-electron chi connectivity index (χ1n) is 9.18. The van der Waals surface area contributed by atoms with Gasteiger partial charge in [-0.15, -0.1) is 0 Å². The molecule has 1 fully saturated rings. The van der Waals surface area contributed by atoms with Gasteiger partial charge in [-0.2, -0.15) is 0 Å². The van der Waals surface area contributed by atoms with Gasteiger partial charge in [0.05, 0.1) is 17.5 Å². The van der Waals surface area contributed by atoms with Gasteiger partial charge in [-0.3, -0.25) is 19.3 Å². The van der Waals surface area contributed by atoms with Crippen molar-refractivity contribution in [3.8, 4) is 5.75 Å². The highest BCUT2D eigenvalue weighted by molar-refractivity contribution is 6.22. The van der Waals surface area contributed by atoms with Crippen LogP contribution in [0.5, 0.6) is 5.75 Å². The smallest absolute Gasteiger partial charge is 0.255 e. The lowest BCUT2D eigenvalue weighted by atomic mass is 9.82. The minimum atomic E-state index is -0.315. The Hall–Kier alpha value is -3.41. The van der Waals surface area contributed by atoms with E-state index in [4.69, 9.17) is 0 Å². The molecule has 1 aliphatic carbocycles. The van der Waals surface area contributed by atoms with E-state index < -0.39 is 0 Å². The summed E-state index contributed by atoms with van der Waals surface area (Å²) in [5.41, 5.74) is 2.60. The van der Waals surface area contributed by atoms with Crippen molar-refractivity contribution in [3.63, 3.8) is 0 Å². The first kappa shape index (κ1) is 18.0. The van der Waals surface area contributed by atoms with E-state index in [1.54, 1.807) is 36.4 Å². The number of aromatic hydroxyl groups is 1. The van der Waals surface area contributed by atoms with E-state index >= 15 is 0 Å². The third-order valence-corrected chi connectivity index (χ3v) is 5.34. The number of amides is 3. The fraction of sp³-hybridized carbons (Fsp3) is 0.227. The Morgan fingerprint density at radius 1 is 1.00 bits per heavy atom. The summed E-state index contributed by atoms with van der Waals surface area (Å²) in [4.78, 5) is 39.1. The van der Waals surface area contributed by atoms with Crippen LogP contribution < -0.4 is 10.2 Å². The van der Waals surface area contributed by atoms with Gasteiger partial charge in [0.2, 0.25) is 11.8 Å². The normalized spacial score (nSPS) is 21.3. The van der Waals surface area contributed by atoms with E-state index in [2.05, 4.69) is 5.32 Å². The van der Waals surface area contributed by atoms with Crippen molar-refractivity contribution in [1.82, 2.24) is 0 Å². The summed E-state index contributed by atoms with van der Waals surface area (Å²) < 4.78 is 0. The molecular weight excluding hydrogens is 356 g/mol. The molecule has 2 aliphatic rings. The zero-order chi connectivity index (χ0) is 19.8. The molecule has 1 aliphatic heterocycles. The number of rotatable bonds is 3. The number of carbonyl (C=O) groups excluding carboxylic acids is 3. The Bertz CT molecular complexity index is 977. The molecule has 6 nitrogen and oxygen atoms in total. The van der Waals surface area contributed by atoms with E-state index in [1.165, 1.54) is 17.0 Å². The van der Waals surface area contributed by atoms with Gasteiger partial charge in [0.1, 0.15) is 5.75 Å². The molecule has 2 aromatic rings. The van der Waals surface area contributed by atoms with Crippen LogP contribution in [0.15, 0.2) is 60.2 Å². The zero-order valence-corrected chi connectivity index (χ0v) is 15.4. The number of phenols is 1. The van der Waals surface area contributed by atoms with Gasteiger partial charge < -0.3 is 10.4 Å². The average molecular weight is 376 g/mol. The molecule has 28 heavy (non-hydrogen) atoms. The van der Waals surface area contributed by atoms with Crippen molar-refractivity contribution in [2.45, 2.75) is 19.8 Å². The van der Waals surface area contributed by atoms with Gasteiger partial charge in [0, 0.05) is 11.3 Å². The van der Waals surface area contributed by atoms with E-state index in [9.17, 15) is 19.5 Å². The maximum Gasteiger partial charge on any atom is 0.255 e. The predicted molar refractivity (Wildman–Crippen MR) is 105 cm³/mol. The predicted octanol–water partition coefficient (Wildman–Crippen LogP) is 3.49. The van der Waals surface area contributed by atoms with Crippen LogP contribution in [0.1, 0.15) is 30.1 Å². The van der Waals surface area contributed by atoms with E-state index in [0.717, 1.165) is 5.57 Å². The monoisotopic (exact) mass is 376 g/mol. The maximum absolute atomic E-state index is 12.8. The molecule has 0 radical (unpaired) electrons. The highest BCUT2D eigenvalue weighted by Gasteiger charge is 2.48. The third kappa shape index (κ3) is 3.17.